The van der Waals surface area contributed by atoms with Gasteiger partial charge < -0.3 is 14.4 Å². The number of aromatic nitrogens is 3. The fourth-order valence-corrected chi connectivity index (χ4v) is 1.72. The number of hydrogen-bond acceptors (Lipinski definition) is 9. The van der Waals surface area contributed by atoms with E-state index in [0.717, 1.165) is 6.42 Å². The summed E-state index contributed by atoms with van der Waals surface area (Å²) in [6.07, 6.45) is 0.357. The summed E-state index contributed by atoms with van der Waals surface area (Å²) in [4.78, 5) is 14.3. The van der Waals surface area contributed by atoms with Crippen LogP contribution in [0.1, 0.15) is 13.3 Å². The van der Waals surface area contributed by atoms with Crippen LogP contribution in [-0.2, 0) is 4.74 Å². The Balaban J connectivity index is 2.19. The van der Waals surface area contributed by atoms with E-state index in [1.54, 1.807) is 0 Å². The number of anilines is 2. The van der Waals surface area contributed by atoms with Crippen molar-refractivity contribution in [2.45, 2.75) is 19.4 Å². The average molecular weight is 279 g/mol. The second-order valence-corrected chi connectivity index (χ2v) is 4.17. The minimum absolute atomic E-state index is 0.213. The number of nitrogens with zero attached hydrogens (tertiary/aromatic N) is 5. The van der Waals surface area contributed by atoms with E-state index >= 15 is 0 Å². The predicted octanol–water partition coefficient (Wildman–Crippen LogP) is -0.325. The summed E-state index contributed by atoms with van der Waals surface area (Å²) in [5, 5.41) is 8.92. The van der Waals surface area contributed by atoms with Crippen molar-refractivity contribution in [1.29, 1.82) is 5.26 Å². The second-order valence-electron chi connectivity index (χ2n) is 4.17. The van der Waals surface area contributed by atoms with Crippen molar-refractivity contribution in [3.05, 3.63) is 0 Å². The van der Waals surface area contributed by atoms with Gasteiger partial charge in [-0.15, -0.1) is 0 Å². The van der Waals surface area contributed by atoms with Crippen molar-refractivity contribution in [1.82, 2.24) is 15.0 Å². The fraction of sp³-hybridized carbons (Fsp3) is 0.636. The molecule has 1 atom stereocenters. The van der Waals surface area contributed by atoms with E-state index in [4.69, 9.17) is 20.6 Å². The number of ether oxygens (including phenoxy) is 2. The molecule has 0 radical (unpaired) electrons. The van der Waals surface area contributed by atoms with E-state index in [9.17, 15) is 0 Å². The van der Waals surface area contributed by atoms with Crippen molar-refractivity contribution < 1.29 is 9.47 Å². The van der Waals surface area contributed by atoms with Crippen LogP contribution in [0.2, 0.25) is 0 Å². The second kappa shape index (κ2) is 6.83. The van der Waals surface area contributed by atoms with E-state index < -0.39 is 6.10 Å². The van der Waals surface area contributed by atoms with Crippen LogP contribution in [0.15, 0.2) is 0 Å². The Labute approximate surface area is 116 Å². The fourth-order valence-electron chi connectivity index (χ4n) is 1.72. The van der Waals surface area contributed by atoms with Crippen LogP contribution in [0.5, 0.6) is 6.01 Å². The average Bonchev–Trinajstić information content (AvgIpc) is 2.52. The normalized spacial score (nSPS) is 18.4. The molecule has 108 valence electrons. The molecule has 0 aromatic carbocycles. The third kappa shape index (κ3) is 3.43. The van der Waals surface area contributed by atoms with Crippen molar-refractivity contribution in [3.8, 4) is 12.1 Å². The molecule has 2 rings (SSSR count). The third-order valence-electron chi connectivity index (χ3n) is 2.66. The number of hydrogen-bond donors (Lipinski definition) is 2. The zero-order chi connectivity index (χ0) is 14.4. The topological polar surface area (TPSA) is 122 Å². The standard InChI is InChI=1S/C11H17N7O2/c1-2-4-20-11-15-9(17-13)14-10(16-11)18-3-5-19-8(6-12)7-18/h8H,2-5,7,13H2,1H3,(H,14,15,16,17). The SMILES string of the molecule is CCCOc1nc(NN)nc(N2CCOC(C#N)C2)n1. The molecule has 1 aromatic rings. The molecule has 9 heteroatoms. The highest BCUT2D eigenvalue weighted by Gasteiger charge is 2.23. The molecular formula is C11H17N7O2. The van der Waals surface area contributed by atoms with E-state index in [1.807, 2.05) is 11.8 Å². The zero-order valence-electron chi connectivity index (χ0n) is 11.2. The molecule has 1 saturated heterocycles. The maximum absolute atomic E-state index is 8.92. The van der Waals surface area contributed by atoms with Crippen LogP contribution < -0.4 is 20.9 Å². The Bertz CT molecular complexity index is 490. The molecule has 0 saturated carbocycles. The predicted molar refractivity (Wildman–Crippen MR) is 71.0 cm³/mol. The van der Waals surface area contributed by atoms with Crippen molar-refractivity contribution in [2.75, 3.05) is 36.6 Å². The van der Waals surface area contributed by atoms with Gasteiger partial charge in [-0.25, -0.2) is 5.84 Å². The molecule has 1 aliphatic heterocycles. The quantitative estimate of drug-likeness (QED) is 0.551. The van der Waals surface area contributed by atoms with Crippen LogP contribution in [0.25, 0.3) is 0 Å². The molecule has 2 heterocycles. The Morgan fingerprint density at radius 2 is 2.40 bits per heavy atom. The lowest BCUT2D eigenvalue weighted by atomic mass is 10.3. The van der Waals surface area contributed by atoms with Crippen LogP contribution in [-0.4, -0.2) is 47.4 Å². The largest absolute Gasteiger partial charge is 0.463 e. The molecule has 1 aliphatic rings. The van der Waals surface area contributed by atoms with Gasteiger partial charge in [-0.05, 0) is 6.42 Å². The number of rotatable bonds is 5. The number of morpholine rings is 1. The Kier molecular flexibility index (Phi) is 4.86. The molecule has 1 fully saturated rings. The summed E-state index contributed by atoms with van der Waals surface area (Å²) in [6, 6.07) is 2.29. The number of hydrazine groups is 1. The van der Waals surface area contributed by atoms with E-state index in [2.05, 4.69) is 26.4 Å². The first-order valence-electron chi connectivity index (χ1n) is 6.38. The maximum atomic E-state index is 8.92. The van der Waals surface area contributed by atoms with Crippen LogP contribution >= 0.6 is 0 Å². The van der Waals surface area contributed by atoms with Gasteiger partial charge in [0.2, 0.25) is 11.9 Å². The minimum atomic E-state index is -0.491. The molecule has 1 unspecified atom stereocenters. The third-order valence-corrected chi connectivity index (χ3v) is 2.66. The zero-order valence-corrected chi connectivity index (χ0v) is 11.2. The van der Waals surface area contributed by atoms with Crippen molar-refractivity contribution in [2.24, 2.45) is 5.84 Å². The lowest BCUT2D eigenvalue weighted by molar-refractivity contribution is 0.0757. The number of nitrogen functional groups attached to an aromatic ring is 1. The number of nitriles is 1. The van der Waals surface area contributed by atoms with Gasteiger partial charge in [-0.1, -0.05) is 6.92 Å². The number of nitrogens with two attached hydrogens (primary N) is 1. The molecule has 0 bridgehead atoms. The summed E-state index contributed by atoms with van der Waals surface area (Å²) >= 11 is 0. The summed E-state index contributed by atoms with van der Waals surface area (Å²) in [5.41, 5.74) is 2.38. The van der Waals surface area contributed by atoms with Gasteiger partial charge in [0.1, 0.15) is 0 Å². The molecular weight excluding hydrogens is 262 g/mol. The summed E-state index contributed by atoms with van der Waals surface area (Å²) < 4.78 is 10.7. The van der Waals surface area contributed by atoms with Crippen LogP contribution in [0.3, 0.4) is 0 Å². The highest BCUT2D eigenvalue weighted by Crippen LogP contribution is 2.17. The monoisotopic (exact) mass is 279 g/mol. The summed E-state index contributed by atoms with van der Waals surface area (Å²) in [5.74, 6) is 5.99. The molecule has 9 nitrogen and oxygen atoms in total. The molecule has 0 spiro atoms. The highest BCUT2D eigenvalue weighted by molar-refractivity contribution is 5.38. The molecule has 0 aliphatic carbocycles. The van der Waals surface area contributed by atoms with Gasteiger partial charge in [0, 0.05) is 6.54 Å². The molecule has 1 aromatic heterocycles. The lowest BCUT2D eigenvalue weighted by Gasteiger charge is -2.29. The highest BCUT2D eigenvalue weighted by atomic mass is 16.5. The van der Waals surface area contributed by atoms with Crippen LogP contribution in [0, 0.1) is 11.3 Å². The summed E-state index contributed by atoms with van der Waals surface area (Å²) in [6.45, 7) is 3.94. The van der Waals surface area contributed by atoms with Gasteiger partial charge in [-0.2, -0.15) is 20.2 Å². The number of nitrogens with one attached hydrogen (secondary N) is 1. The molecule has 20 heavy (non-hydrogen) atoms. The Morgan fingerprint density at radius 1 is 1.55 bits per heavy atom. The van der Waals surface area contributed by atoms with Gasteiger partial charge in [0.25, 0.3) is 0 Å². The maximum Gasteiger partial charge on any atom is 0.323 e. The Morgan fingerprint density at radius 3 is 3.10 bits per heavy atom. The smallest absolute Gasteiger partial charge is 0.323 e. The summed E-state index contributed by atoms with van der Waals surface area (Å²) in [7, 11) is 0. The first-order valence-corrected chi connectivity index (χ1v) is 6.38. The Hall–Kier alpha value is -2.18. The minimum Gasteiger partial charge on any atom is -0.463 e. The van der Waals surface area contributed by atoms with E-state index in [-0.39, 0.29) is 12.0 Å². The molecule has 3 N–H and O–H groups in total. The molecule has 0 amide bonds. The van der Waals surface area contributed by atoms with Gasteiger partial charge in [0.15, 0.2) is 6.10 Å². The van der Waals surface area contributed by atoms with Gasteiger partial charge >= 0.3 is 6.01 Å². The first-order chi connectivity index (χ1) is 9.76. The van der Waals surface area contributed by atoms with Crippen LogP contribution in [0.4, 0.5) is 11.9 Å². The van der Waals surface area contributed by atoms with E-state index in [0.29, 0.717) is 32.3 Å². The van der Waals surface area contributed by atoms with Gasteiger partial charge in [0.05, 0.1) is 25.8 Å². The first kappa shape index (κ1) is 14.2. The van der Waals surface area contributed by atoms with Gasteiger partial charge in [-0.3, -0.25) is 5.43 Å². The van der Waals surface area contributed by atoms with Crippen molar-refractivity contribution >= 4 is 11.9 Å². The lowest BCUT2D eigenvalue weighted by Crippen LogP contribution is -2.42. The van der Waals surface area contributed by atoms with Crippen molar-refractivity contribution in [3.63, 3.8) is 0 Å². The van der Waals surface area contributed by atoms with E-state index in [1.165, 1.54) is 0 Å².